The van der Waals surface area contributed by atoms with Gasteiger partial charge in [0.1, 0.15) is 0 Å². The van der Waals surface area contributed by atoms with Crippen molar-refractivity contribution in [3.05, 3.63) is 68.2 Å². The van der Waals surface area contributed by atoms with Crippen LogP contribution < -0.4 is 4.90 Å². The third-order valence-electron chi connectivity index (χ3n) is 4.40. The molecule has 1 atom stereocenters. The topological polar surface area (TPSA) is 107 Å². The molecule has 0 saturated carbocycles. The Morgan fingerprint density at radius 2 is 1.93 bits per heavy atom. The van der Waals surface area contributed by atoms with Crippen LogP contribution in [0.25, 0.3) is 0 Å². The van der Waals surface area contributed by atoms with Gasteiger partial charge >= 0.3 is 5.97 Å². The van der Waals surface area contributed by atoms with E-state index < -0.39 is 29.2 Å². The number of non-ortho nitro benzene ring substituents is 1. The average Bonchev–Trinajstić information content (AvgIpc) is 3.09. The lowest BCUT2D eigenvalue weighted by Crippen LogP contribution is -2.27. The molecule has 0 radical (unpaired) electrons. The fourth-order valence-electron chi connectivity index (χ4n) is 2.93. The first-order chi connectivity index (χ1) is 13.8. The molecule has 0 unspecified atom stereocenters. The third-order valence-corrected chi connectivity index (χ3v) is 5.21. The van der Waals surface area contributed by atoms with Crippen molar-refractivity contribution in [2.45, 2.75) is 6.42 Å². The molecule has 8 nitrogen and oxygen atoms in total. The number of Topliss-reactive ketones (excluding diaryl/α,β-unsaturated/α-hetero) is 1. The maximum absolute atomic E-state index is 12.3. The number of nitro groups is 1. The lowest BCUT2D eigenvalue weighted by Gasteiger charge is -2.18. The Morgan fingerprint density at radius 1 is 1.21 bits per heavy atom. The van der Waals surface area contributed by atoms with E-state index in [1.165, 1.54) is 23.1 Å². The second-order valence-corrected chi connectivity index (χ2v) is 7.10. The van der Waals surface area contributed by atoms with Gasteiger partial charge in [-0.15, -0.1) is 0 Å². The minimum atomic E-state index is -0.768. The Kier molecular flexibility index (Phi) is 6.14. The highest BCUT2D eigenvalue weighted by molar-refractivity contribution is 6.44. The second-order valence-electron chi connectivity index (χ2n) is 6.32. The fraction of sp³-hybridized carbons (Fsp3) is 0.211. The normalized spacial score (nSPS) is 16.0. The molecule has 10 heteroatoms. The van der Waals surface area contributed by atoms with Crippen LogP contribution in [-0.4, -0.2) is 35.7 Å². The monoisotopic (exact) mass is 436 g/mol. The summed E-state index contributed by atoms with van der Waals surface area (Å²) in [7, 11) is 0. The standard InChI is InChI=1S/C19H14Cl2N2O6/c20-14-5-2-6-15(18(14)21)22-9-12(8-17(22)25)19(26)29-10-16(24)11-3-1-4-13(7-11)23(27)28/h1-7,12H,8-10H2/t12-/m1/s1. The molecule has 2 aromatic rings. The molecule has 0 spiro atoms. The van der Waals surface area contributed by atoms with Gasteiger partial charge in [-0.25, -0.2) is 0 Å². The third kappa shape index (κ3) is 4.55. The first-order valence-corrected chi connectivity index (χ1v) is 9.22. The van der Waals surface area contributed by atoms with Crippen LogP contribution >= 0.6 is 23.2 Å². The van der Waals surface area contributed by atoms with Gasteiger partial charge in [-0.05, 0) is 12.1 Å². The molecule has 1 amide bonds. The molecule has 3 rings (SSSR count). The van der Waals surface area contributed by atoms with Gasteiger partial charge in [0.25, 0.3) is 5.69 Å². The van der Waals surface area contributed by atoms with Gasteiger partial charge in [-0.2, -0.15) is 0 Å². The van der Waals surface area contributed by atoms with Crippen molar-refractivity contribution in [2.75, 3.05) is 18.1 Å². The maximum Gasteiger partial charge on any atom is 0.311 e. The van der Waals surface area contributed by atoms with Crippen LogP contribution in [0.1, 0.15) is 16.8 Å². The van der Waals surface area contributed by atoms with Gasteiger partial charge in [0.05, 0.1) is 26.6 Å². The van der Waals surface area contributed by atoms with E-state index in [-0.39, 0.29) is 40.2 Å². The van der Waals surface area contributed by atoms with Crippen molar-refractivity contribution < 1.29 is 24.0 Å². The molecule has 0 bridgehead atoms. The Bertz CT molecular complexity index is 1010. The summed E-state index contributed by atoms with van der Waals surface area (Å²) in [6.45, 7) is -0.536. The van der Waals surface area contributed by atoms with Crippen LogP contribution in [0.2, 0.25) is 10.0 Å². The molecule has 0 N–H and O–H groups in total. The molecule has 0 aliphatic carbocycles. The van der Waals surface area contributed by atoms with Crippen molar-refractivity contribution in [1.29, 1.82) is 0 Å². The van der Waals surface area contributed by atoms with Crippen molar-refractivity contribution in [3.63, 3.8) is 0 Å². The van der Waals surface area contributed by atoms with Gasteiger partial charge in [0.15, 0.2) is 6.61 Å². The summed E-state index contributed by atoms with van der Waals surface area (Å²) >= 11 is 12.1. The number of amides is 1. The number of ether oxygens (including phenoxy) is 1. The van der Waals surface area contributed by atoms with Gasteiger partial charge < -0.3 is 9.64 Å². The number of hydrogen-bond donors (Lipinski definition) is 0. The zero-order chi connectivity index (χ0) is 21.1. The molecule has 1 aliphatic rings. The second kappa shape index (κ2) is 8.59. The first kappa shape index (κ1) is 20.8. The number of ketones is 1. The molecule has 1 saturated heterocycles. The van der Waals surface area contributed by atoms with E-state index in [1.807, 2.05) is 0 Å². The Morgan fingerprint density at radius 3 is 2.66 bits per heavy atom. The summed E-state index contributed by atoms with van der Waals surface area (Å²) in [5.41, 5.74) is 0.214. The number of nitrogens with zero attached hydrogens (tertiary/aromatic N) is 2. The molecule has 1 heterocycles. The maximum atomic E-state index is 12.3. The van der Waals surface area contributed by atoms with Crippen LogP contribution in [0, 0.1) is 16.0 Å². The zero-order valence-corrected chi connectivity index (χ0v) is 16.4. The van der Waals surface area contributed by atoms with Gasteiger partial charge in [-0.3, -0.25) is 24.5 Å². The summed E-state index contributed by atoms with van der Waals surface area (Å²) in [5, 5.41) is 11.3. The summed E-state index contributed by atoms with van der Waals surface area (Å²) in [6.07, 6.45) is -0.0906. The summed E-state index contributed by atoms with van der Waals surface area (Å²) in [5.74, 6) is -2.38. The van der Waals surface area contributed by atoms with Gasteiger partial charge in [-0.1, -0.05) is 41.4 Å². The van der Waals surface area contributed by atoms with Crippen molar-refractivity contribution >= 4 is 52.2 Å². The van der Waals surface area contributed by atoms with E-state index in [4.69, 9.17) is 27.9 Å². The lowest BCUT2D eigenvalue weighted by molar-refractivity contribution is -0.384. The molecule has 2 aromatic carbocycles. The quantitative estimate of drug-likeness (QED) is 0.295. The number of hydrogen-bond acceptors (Lipinski definition) is 6. The Labute approximate surface area is 175 Å². The average molecular weight is 437 g/mol. The van der Waals surface area contributed by atoms with E-state index >= 15 is 0 Å². The summed E-state index contributed by atoms with van der Waals surface area (Å²) in [4.78, 5) is 48.3. The van der Waals surface area contributed by atoms with Crippen LogP contribution in [0.3, 0.4) is 0 Å². The zero-order valence-electron chi connectivity index (χ0n) is 14.8. The van der Waals surface area contributed by atoms with E-state index in [0.29, 0.717) is 5.69 Å². The molecule has 29 heavy (non-hydrogen) atoms. The first-order valence-electron chi connectivity index (χ1n) is 8.46. The van der Waals surface area contributed by atoms with E-state index in [1.54, 1.807) is 18.2 Å². The predicted molar refractivity (Wildman–Crippen MR) is 105 cm³/mol. The fourth-order valence-corrected chi connectivity index (χ4v) is 3.33. The van der Waals surface area contributed by atoms with E-state index in [2.05, 4.69) is 0 Å². The molecule has 150 valence electrons. The molecular weight excluding hydrogens is 423 g/mol. The molecular formula is C19H14Cl2N2O6. The van der Waals surface area contributed by atoms with E-state index in [0.717, 1.165) is 6.07 Å². The number of esters is 1. The number of carbonyl (C=O) groups excluding carboxylic acids is 3. The SMILES string of the molecule is O=C(COC(=O)[C@@H]1CC(=O)N(c2cccc(Cl)c2Cl)C1)c1cccc([N+](=O)[O-])c1. The lowest BCUT2D eigenvalue weighted by atomic mass is 10.1. The predicted octanol–water partition coefficient (Wildman–Crippen LogP) is 3.68. The number of halogens is 2. The van der Waals surface area contributed by atoms with Gasteiger partial charge in [0.2, 0.25) is 11.7 Å². The smallest absolute Gasteiger partial charge is 0.311 e. The van der Waals surface area contributed by atoms with E-state index in [9.17, 15) is 24.5 Å². The minimum absolute atomic E-state index is 0.0444. The number of anilines is 1. The number of benzene rings is 2. The number of nitro benzene ring substituents is 1. The summed E-state index contributed by atoms with van der Waals surface area (Å²) < 4.78 is 5.03. The number of carbonyl (C=O) groups is 3. The number of rotatable bonds is 6. The van der Waals surface area contributed by atoms with Crippen LogP contribution in [-0.2, 0) is 14.3 Å². The van der Waals surface area contributed by atoms with Crippen LogP contribution in [0.4, 0.5) is 11.4 Å². The molecule has 0 aromatic heterocycles. The van der Waals surface area contributed by atoms with Crippen molar-refractivity contribution in [2.24, 2.45) is 5.92 Å². The van der Waals surface area contributed by atoms with Crippen LogP contribution in [0.15, 0.2) is 42.5 Å². The Balaban J connectivity index is 1.62. The molecule has 1 aliphatic heterocycles. The highest BCUT2D eigenvalue weighted by Gasteiger charge is 2.37. The highest BCUT2D eigenvalue weighted by Crippen LogP contribution is 2.35. The Hall–Kier alpha value is -2.97. The van der Waals surface area contributed by atoms with Crippen LogP contribution in [0.5, 0.6) is 0 Å². The van der Waals surface area contributed by atoms with Crippen molar-refractivity contribution in [3.8, 4) is 0 Å². The largest absolute Gasteiger partial charge is 0.457 e. The van der Waals surface area contributed by atoms with Gasteiger partial charge in [0, 0.05) is 30.7 Å². The minimum Gasteiger partial charge on any atom is -0.457 e. The highest BCUT2D eigenvalue weighted by atomic mass is 35.5. The van der Waals surface area contributed by atoms with Crippen molar-refractivity contribution in [1.82, 2.24) is 0 Å². The molecule has 1 fully saturated rings. The summed E-state index contributed by atoms with van der Waals surface area (Å²) in [6, 6.07) is 9.96.